The maximum Gasteiger partial charge on any atom is 0.221 e. The number of rotatable bonds is 8. The second-order valence-corrected chi connectivity index (χ2v) is 6.46. The summed E-state index contributed by atoms with van der Waals surface area (Å²) in [4.78, 5) is 14.1. The van der Waals surface area contributed by atoms with E-state index in [0.29, 0.717) is 18.4 Å². The topological polar surface area (TPSA) is 44.4 Å². The van der Waals surface area contributed by atoms with Gasteiger partial charge in [-0.15, -0.1) is 0 Å². The first-order chi connectivity index (χ1) is 9.52. The molecule has 0 bridgehead atoms. The average molecular weight is 283 g/mol. The van der Waals surface area contributed by atoms with Crippen LogP contribution in [0.5, 0.6) is 0 Å². The van der Waals surface area contributed by atoms with E-state index in [1.54, 1.807) is 0 Å². The highest BCUT2D eigenvalue weighted by Gasteiger charge is 2.22. The van der Waals surface area contributed by atoms with Gasteiger partial charge in [0.25, 0.3) is 0 Å². The van der Waals surface area contributed by atoms with Gasteiger partial charge in [-0.3, -0.25) is 4.79 Å². The molecule has 4 heteroatoms. The number of carbonyl (C=O) groups excluding carboxylic acids is 1. The van der Waals surface area contributed by atoms with Crippen molar-refractivity contribution in [2.24, 2.45) is 11.8 Å². The lowest BCUT2D eigenvalue weighted by molar-refractivity contribution is -0.121. The van der Waals surface area contributed by atoms with Gasteiger partial charge in [0.2, 0.25) is 5.91 Å². The summed E-state index contributed by atoms with van der Waals surface area (Å²) in [7, 11) is 0. The van der Waals surface area contributed by atoms with Crippen molar-refractivity contribution in [2.45, 2.75) is 53.0 Å². The standard InChI is InChI=1S/C16H33N3O/c1-5-19-10-7-15(8-11-19)14(4)17-9-6-16(20)18-12-13(2)3/h13-15,17H,5-12H2,1-4H3,(H,18,20). The molecule has 0 aliphatic carbocycles. The zero-order chi connectivity index (χ0) is 15.0. The third-order valence-electron chi connectivity index (χ3n) is 4.31. The molecule has 0 aromatic carbocycles. The fraction of sp³-hybridized carbons (Fsp3) is 0.938. The molecule has 1 amide bonds. The van der Waals surface area contributed by atoms with E-state index < -0.39 is 0 Å². The highest BCUT2D eigenvalue weighted by Crippen LogP contribution is 2.20. The van der Waals surface area contributed by atoms with E-state index in [1.807, 2.05) is 0 Å². The second kappa shape index (κ2) is 9.35. The first-order valence-electron chi connectivity index (χ1n) is 8.25. The third kappa shape index (κ3) is 6.71. The molecule has 1 unspecified atom stereocenters. The van der Waals surface area contributed by atoms with Crippen LogP contribution in [0.2, 0.25) is 0 Å². The zero-order valence-electron chi connectivity index (χ0n) is 13.7. The van der Waals surface area contributed by atoms with Gasteiger partial charge < -0.3 is 15.5 Å². The molecule has 118 valence electrons. The molecule has 0 aromatic heterocycles. The Morgan fingerprint density at radius 3 is 2.45 bits per heavy atom. The van der Waals surface area contributed by atoms with Gasteiger partial charge in [0, 0.05) is 25.6 Å². The number of hydrogen-bond acceptors (Lipinski definition) is 3. The van der Waals surface area contributed by atoms with E-state index in [0.717, 1.165) is 19.0 Å². The van der Waals surface area contributed by atoms with E-state index >= 15 is 0 Å². The maximum atomic E-state index is 11.6. The highest BCUT2D eigenvalue weighted by molar-refractivity contribution is 5.76. The Morgan fingerprint density at radius 2 is 1.90 bits per heavy atom. The molecule has 1 rings (SSSR count). The van der Waals surface area contributed by atoms with Crippen LogP contribution in [0.15, 0.2) is 0 Å². The number of amides is 1. The lowest BCUT2D eigenvalue weighted by atomic mass is 9.90. The summed E-state index contributed by atoms with van der Waals surface area (Å²) >= 11 is 0. The number of likely N-dealkylation sites (tertiary alicyclic amines) is 1. The minimum Gasteiger partial charge on any atom is -0.356 e. The molecule has 0 radical (unpaired) electrons. The molecule has 0 saturated carbocycles. The van der Waals surface area contributed by atoms with Gasteiger partial charge in [0.05, 0.1) is 0 Å². The number of piperidine rings is 1. The Morgan fingerprint density at radius 1 is 1.25 bits per heavy atom. The molecule has 0 aromatic rings. The smallest absolute Gasteiger partial charge is 0.221 e. The molecule has 1 fully saturated rings. The Balaban J connectivity index is 2.11. The van der Waals surface area contributed by atoms with Crippen LogP contribution in [-0.2, 0) is 4.79 Å². The average Bonchev–Trinajstić information content (AvgIpc) is 2.45. The fourth-order valence-corrected chi connectivity index (χ4v) is 2.76. The van der Waals surface area contributed by atoms with Crippen molar-refractivity contribution in [2.75, 3.05) is 32.7 Å². The minimum absolute atomic E-state index is 0.166. The summed E-state index contributed by atoms with van der Waals surface area (Å²) in [5, 5.41) is 6.49. The predicted molar refractivity (Wildman–Crippen MR) is 84.8 cm³/mol. The van der Waals surface area contributed by atoms with Gasteiger partial charge in [-0.05, 0) is 51.2 Å². The summed E-state index contributed by atoms with van der Waals surface area (Å²) in [5.41, 5.74) is 0. The van der Waals surface area contributed by atoms with Crippen LogP contribution in [0.1, 0.15) is 47.0 Å². The van der Waals surface area contributed by atoms with Crippen molar-refractivity contribution >= 4 is 5.91 Å². The molecular formula is C16H33N3O. The van der Waals surface area contributed by atoms with Crippen molar-refractivity contribution in [3.63, 3.8) is 0 Å². The highest BCUT2D eigenvalue weighted by atomic mass is 16.1. The van der Waals surface area contributed by atoms with Crippen LogP contribution in [-0.4, -0.2) is 49.6 Å². The Kier molecular flexibility index (Phi) is 8.15. The molecule has 0 spiro atoms. The van der Waals surface area contributed by atoms with E-state index in [9.17, 15) is 4.79 Å². The Labute approximate surface area is 124 Å². The summed E-state index contributed by atoms with van der Waals surface area (Å²) in [6.07, 6.45) is 3.15. The summed E-state index contributed by atoms with van der Waals surface area (Å²) in [5.74, 6) is 1.45. The Bertz CT molecular complexity index is 273. The summed E-state index contributed by atoms with van der Waals surface area (Å²) < 4.78 is 0. The molecule has 2 N–H and O–H groups in total. The minimum atomic E-state index is 0.166. The molecule has 4 nitrogen and oxygen atoms in total. The number of hydrogen-bond donors (Lipinski definition) is 2. The molecule has 1 atom stereocenters. The SMILES string of the molecule is CCN1CCC(C(C)NCCC(=O)NCC(C)C)CC1. The van der Waals surface area contributed by atoms with Crippen LogP contribution >= 0.6 is 0 Å². The predicted octanol–water partition coefficient (Wildman–Crippen LogP) is 1.86. The Hall–Kier alpha value is -0.610. The van der Waals surface area contributed by atoms with Crippen molar-refractivity contribution in [1.82, 2.24) is 15.5 Å². The monoisotopic (exact) mass is 283 g/mol. The van der Waals surface area contributed by atoms with Crippen LogP contribution in [0.4, 0.5) is 0 Å². The first kappa shape index (κ1) is 17.4. The molecule has 1 aliphatic rings. The number of carbonyl (C=O) groups is 1. The van der Waals surface area contributed by atoms with Crippen molar-refractivity contribution in [3.05, 3.63) is 0 Å². The van der Waals surface area contributed by atoms with Gasteiger partial charge in [-0.1, -0.05) is 20.8 Å². The maximum absolute atomic E-state index is 11.6. The van der Waals surface area contributed by atoms with Gasteiger partial charge in [-0.25, -0.2) is 0 Å². The van der Waals surface area contributed by atoms with Crippen LogP contribution in [0.3, 0.4) is 0 Å². The molecule has 1 heterocycles. The normalized spacial score (nSPS) is 19.2. The van der Waals surface area contributed by atoms with Gasteiger partial charge in [-0.2, -0.15) is 0 Å². The lowest BCUT2D eigenvalue weighted by Crippen LogP contribution is -2.42. The zero-order valence-corrected chi connectivity index (χ0v) is 13.7. The number of nitrogens with one attached hydrogen (secondary N) is 2. The van der Waals surface area contributed by atoms with E-state index in [-0.39, 0.29) is 5.91 Å². The van der Waals surface area contributed by atoms with Crippen LogP contribution in [0.25, 0.3) is 0 Å². The third-order valence-corrected chi connectivity index (χ3v) is 4.31. The van der Waals surface area contributed by atoms with Crippen molar-refractivity contribution in [1.29, 1.82) is 0 Å². The summed E-state index contributed by atoms with van der Waals surface area (Å²) in [6.45, 7) is 13.9. The second-order valence-electron chi connectivity index (χ2n) is 6.46. The van der Waals surface area contributed by atoms with Crippen molar-refractivity contribution < 1.29 is 4.79 Å². The summed E-state index contributed by atoms with van der Waals surface area (Å²) in [6, 6.07) is 0.520. The van der Waals surface area contributed by atoms with E-state index in [2.05, 4.69) is 43.2 Å². The van der Waals surface area contributed by atoms with Gasteiger partial charge >= 0.3 is 0 Å². The largest absolute Gasteiger partial charge is 0.356 e. The number of nitrogens with zero attached hydrogens (tertiary/aromatic N) is 1. The molecule has 1 aliphatic heterocycles. The van der Waals surface area contributed by atoms with Crippen LogP contribution in [0, 0.1) is 11.8 Å². The van der Waals surface area contributed by atoms with E-state index in [1.165, 1.54) is 32.5 Å². The molecular weight excluding hydrogens is 250 g/mol. The van der Waals surface area contributed by atoms with Gasteiger partial charge in [0.15, 0.2) is 0 Å². The lowest BCUT2D eigenvalue weighted by Gasteiger charge is -2.34. The quantitative estimate of drug-likeness (QED) is 0.714. The van der Waals surface area contributed by atoms with Gasteiger partial charge in [0.1, 0.15) is 0 Å². The fourth-order valence-electron chi connectivity index (χ4n) is 2.76. The molecule has 1 saturated heterocycles. The van der Waals surface area contributed by atoms with E-state index in [4.69, 9.17) is 0 Å². The van der Waals surface area contributed by atoms with Crippen molar-refractivity contribution in [3.8, 4) is 0 Å². The van der Waals surface area contributed by atoms with Crippen LogP contribution < -0.4 is 10.6 Å². The molecule has 20 heavy (non-hydrogen) atoms. The first-order valence-corrected chi connectivity index (χ1v) is 8.25.